The van der Waals surface area contributed by atoms with Crippen LogP contribution in [0.1, 0.15) is 37.7 Å². The number of hydrogen-bond donors (Lipinski definition) is 0. The standard InChI is InChI=1S/C17H19F2NO/c18-12-8-15(19)13-2-1-5-20(16(13)9-12)17(21)14-7-10-3-4-11(14)6-10/h8-11,14H,1-7H2/t10-,11-,14-/m0/s1. The summed E-state index contributed by atoms with van der Waals surface area (Å²) in [5.41, 5.74) is 0.964. The lowest BCUT2D eigenvalue weighted by atomic mass is 9.87. The molecule has 0 N–H and O–H groups in total. The predicted molar refractivity (Wildman–Crippen MR) is 76.0 cm³/mol. The summed E-state index contributed by atoms with van der Waals surface area (Å²) in [6, 6.07) is 2.24. The first-order valence-electron chi connectivity index (χ1n) is 7.93. The Kier molecular flexibility index (Phi) is 3.02. The van der Waals surface area contributed by atoms with Gasteiger partial charge in [-0.25, -0.2) is 8.78 Å². The van der Waals surface area contributed by atoms with Gasteiger partial charge in [0.1, 0.15) is 11.6 Å². The highest BCUT2D eigenvalue weighted by Crippen LogP contribution is 2.49. The van der Waals surface area contributed by atoms with Gasteiger partial charge in [0.25, 0.3) is 0 Å². The first-order chi connectivity index (χ1) is 10.1. The number of benzene rings is 1. The van der Waals surface area contributed by atoms with Gasteiger partial charge in [-0.15, -0.1) is 0 Å². The molecule has 0 unspecified atom stereocenters. The van der Waals surface area contributed by atoms with E-state index in [0.29, 0.717) is 36.1 Å². The second-order valence-electron chi connectivity index (χ2n) is 6.76. The molecule has 0 saturated heterocycles. The van der Waals surface area contributed by atoms with Crippen molar-refractivity contribution < 1.29 is 13.6 Å². The van der Waals surface area contributed by atoms with Crippen molar-refractivity contribution in [1.82, 2.24) is 0 Å². The molecular formula is C17H19F2NO. The second-order valence-corrected chi connectivity index (χ2v) is 6.76. The first kappa shape index (κ1) is 13.2. The Labute approximate surface area is 123 Å². The molecule has 112 valence electrons. The molecule has 2 saturated carbocycles. The molecule has 0 aromatic heterocycles. The molecule has 4 rings (SSSR count). The molecule has 21 heavy (non-hydrogen) atoms. The Morgan fingerprint density at radius 3 is 2.76 bits per heavy atom. The van der Waals surface area contributed by atoms with E-state index in [1.54, 1.807) is 4.90 Å². The maximum atomic E-state index is 13.9. The zero-order valence-electron chi connectivity index (χ0n) is 11.9. The van der Waals surface area contributed by atoms with Gasteiger partial charge in [-0.2, -0.15) is 0 Å². The van der Waals surface area contributed by atoms with Crippen LogP contribution in [0.5, 0.6) is 0 Å². The number of halogens is 2. The van der Waals surface area contributed by atoms with Crippen LogP contribution >= 0.6 is 0 Å². The van der Waals surface area contributed by atoms with Crippen molar-refractivity contribution in [3.63, 3.8) is 0 Å². The molecule has 3 atom stereocenters. The van der Waals surface area contributed by atoms with Crippen molar-refractivity contribution in [2.45, 2.75) is 38.5 Å². The van der Waals surface area contributed by atoms with E-state index in [1.807, 2.05) is 0 Å². The van der Waals surface area contributed by atoms with Crippen LogP contribution in [0.2, 0.25) is 0 Å². The average molecular weight is 291 g/mol. The van der Waals surface area contributed by atoms with Gasteiger partial charge in [-0.05, 0) is 50.0 Å². The Morgan fingerprint density at radius 1 is 1.19 bits per heavy atom. The summed E-state index contributed by atoms with van der Waals surface area (Å²) in [6.07, 6.45) is 5.85. The van der Waals surface area contributed by atoms with E-state index in [1.165, 1.54) is 12.5 Å². The lowest BCUT2D eigenvalue weighted by Crippen LogP contribution is -2.41. The fourth-order valence-corrected chi connectivity index (χ4v) is 4.59. The number of carbonyl (C=O) groups is 1. The third-order valence-electron chi connectivity index (χ3n) is 5.56. The molecule has 2 aliphatic carbocycles. The summed E-state index contributed by atoms with van der Waals surface area (Å²) in [4.78, 5) is 14.5. The molecule has 0 spiro atoms. The van der Waals surface area contributed by atoms with Crippen molar-refractivity contribution in [1.29, 1.82) is 0 Å². The minimum absolute atomic E-state index is 0.0704. The van der Waals surface area contributed by atoms with Gasteiger partial charge < -0.3 is 4.90 Å². The molecule has 1 amide bonds. The normalized spacial score (nSPS) is 30.6. The molecule has 2 fully saturated rings. The number of nitrogens with zero attached hydrogens (tertiary/aromatic N) is 1. The Morgan fingerprint density at radius 2 is 2.05 bits per heavy atom. The molecule has 0 radical (unpaired) electrons. The van der Waals surface area contributed by atoms with Crippen LogP contribution in [0, 0.1) is 29.4 Å². The zero-order chi connectivity index (χ0) is 14.6. The minimum Gasteiger partial charge on any atom is -0.312 e. The SMILES string of the molecule is O=C([C@H]1C[C@H]2CC[C@H]1C2)N1CCCc2c(F)cc(F)cc21. The Balaban J connectivity index is 1.67. The number of amides is 1. The summed E-state index contributed by atoms with van der Waals surface area (Å²) < 4.78 is 27.5. The van der Waals surface area contributed by atoms with Crippen molar-refractivity contribution in [2.24, 2.45) is 17.8 Å². The quantitative estimate of drug-likeness (QED) is 0.773. The third kappa shape index (κ3) is 2.07. The van der Waals surface area contributed by atoms with E-state index in [9.17, 15) is 13.6 Å². The Bertz CT molecular complexity index is 601. The van der Waals surface area contributed by atoms with Crippen LogP contribution in [0.4, 0.5) is 14.5 Å². The summed E-state index contributed by atoms with van der Waals surface area (Å²) in [7, 11) is 0. The van der Waals surface area contributed by atoms with Crippen LogP contribution in [0.15, 0.2) is 12.1 Å². The van der Waals surface area contributed by atoms with Crippen LogP contribution in [-0.2, 0) is 11.2 Å². The van der Waals surface area contributed by atoms with E-state index in [4.69, 9.17) is 0 Å². The summed E-state index contributed by atoms with van der Waals surface area (Å²) in [5, 5.41) is 0. The van der Waals surface area contributed by atoms with Crippen molar-refractivity contribution in [2.75, 3.05) is 11.4 Å². The molecule has 2 bridgehead atoms. The predicted octanol–water partition coefficient (Wildman–Crippen LogP) is 3.68. The van der Waals surface area contributed by atoms with Gasteiger partial charge in [0.15, 0.2) is 0 Å². The maximum absolute atomic E-state index is 13.9. The number of fused-ring (bicyclic) bond motifs is 3. The lowest BCUT2D eigenvalue weighted by Gasteiger charge is -2.34. The second kappa shape index (κ2) is 4.79. The number of rotatable bonds is 1. The van der Waals surface area contributed by atoms with Crippen LogP contribution in [0.25, 0.3) is 0 Å². The zero-order valence-corrected chi connectivity index (χ0v) is 11.9. The minimum atomic E-state index is -0.598. The fourth-order valence-electron chi connectivity index (χ4n) is 4.59. The topological polar surface area (TPSA) is 20.3 Å². The molecular weight excluding hydrogens is 272 g/mol. The fraction of sp³-hybridized carbons (Fsp3) is 0.588. The van der Waals surface area contributed by atoms with Gasteiger partial charge in [-0.3, -0.25) is 4.79 Å². The highest BCUT2D eigenvalue weighted by atomic mass is 19.1. The molecule has 1 aromatic carbocycles. The molecule has 3 aliphatic rings. The van der Waals surface area contributed by atoms with Crippen molar-refractivity contribution in [3.05, 3.63) is 29.3 Å². The van der Waals surface area contributed by atoms with Crippen LogP contribution in [0.3, 0.4) is 0 Å². The highest BCUT2D eigenvalue weighted by Gasteiger charge is 2.45. The number of hydrogen-bond acceptors (Lipinski definition) is 1. The van der Waals surface area contributed by atoms with Crippen LogP contribution < -0.4 is 4.90 Å². The van der Waals surface area contributed by atoms with Crippen molar-refractivity contribution in [3.8, 4) is 0 Å². The molecule has 1 aliphatic heterocycles. The number of anilines is 1. The average Bonchev–Trinajstić information content (AvgIpc) is 3.08. The van der Waals surface area contributed by atoms with Gasteiger partial charge in [-0.1, -0.05) is 6.42 Å². The maximum Gasteiger partial charge on any atom is 0.230 e. The first-order valence-corrected chi connectivity index (χ1v) is 7.93. The van der Waals surface area contributed by atoms with E-state index in [0.717, 1.165) is 31.7 Å². The molecule has 2 nitrogen and oxygen atoms in total. The summed E-state index contributed by atoms with van der Waals surface area (Å²) in [6.45, 7) is 0.586. The summed E-state index contributed by atoms with van der Waals surface area (Å²) in [5.74, 6) is 0.229. The molecule has 1 heterocycles. The van der Waals surface area contributed by atoms with E-state index >= 15 is 0 Å². The third-order valence-corrected chi connectivity index (χ3v) is 5.56. The largest absolute Gasteiger partial charge is 0.312 e. The van der Waals surface area contributed by atoms with E-state index < -0.39 is 11.6 Å². The van der Waals surface area contributed by atoms with Gasteiger partial charge in [0.05, 0.1) is 5.69 Å². The van der Waals surface area contributed by atoms with E-state index in [2.05, 4.69) is 0 Å². The van der Waals surface area contributed by atoms with Gasteiger partial charge in [0.2, 0.25) is 5.91 Å². The molecule has 4 heteroatoms. The monoisotopic (exact) mass is 291 g/mol. The highest BCUT2D eigenvalue weighted by molar-refractivity contribution is 5.96. The van der Waals surface area contributed by atoms with Gasteiger partial charge >= 0.3 is 0 Å². The molecule has 1 aromatic rings. The van der Waals surface area contributed by atoms with E-state index in [-0.39, 0.29) is 11.8 Å². The van der Waals surface area contributed by atoms with Crippen LogP contribution in [-0.4, -0.2) is 12.5 Å². The van der Waals surface area contributed by atoms with Crippen molar-refractivity contribution >= 4 is 11.6 Å². The summed E-state index contributed by atoms with van der Waals surface area (Å²) >= 11 is 0. The smallest absolute Gasteiger partial charge is 0.230 e. The van der Waals surface area contributed by atoms with Gasteiger partial charge in [0, 0.05) is 24.1 Å². The Hall–Kier alpha value is -1.45. The number of carbonyl (C=O) groups excluding carboxylic acids is 1. The lowest BCUT2D eigenvalue weighted by molar-refractivity contribution is -0.124.